The van der Waals surface area contributed by atoms with Crippen molar-refractivity contribution in [2.24, 2.45) is 5.41 Å². The van der Waals surface area contributed by atoms with Crippen LogP contribution in [0.25, 0.3) is 0 Å². The molecular weight excluding hydrogens is 438 g/mol. The highest BCUT2D eigenvalue weighted by Gasteiger charge is 2.43. The van der Waals surface area contributed by atoms with Gasteiger partial charge in [-0.15, -0.1) is 0 Å². The van der Waals surface area contributed by atoms with Crippen LogP contribution in [-0.4, -0.2) is 18.9 Å². The van der Waals surface area contributed by atoms with Crippen LogP contribution >= 0.6 is 11.6 Å². The van der Waals surface area contributed by atoms with Gasteiger partial charge < -0.3 is 14.8 Å². The van der Waals surface area contributed by atoms with Gasteiger partial charge in [0.15, 0.2) is 5.78 Å². The average Bonchev–Trinajstić information content (AvgIpc) is 2.76. The maximum Gasteiger partial charge on any atom is 0.337 e. The summed E-state index contributed by atoms with van der Waals surface area (Å²) in [7, 11) is 1.61. The fourth-order valence-electron chi connectivity index (χ4n) is 4.64. The molecule has 1 aliphatic heterocycles. The van der Waals surface area contributed by atoms with Crippen molar-refractivity contribution in [3.8, 4) is 5.75 Å². The van der Waals surface area contributed by atoms with E-state index < -0.39 is 11.9 Å². The SMILES string of the molecule is COc1ccc(COC(=O)C2=C(C)NC3=C(C(=O)CC(C)(C)C3)[C@@H]2c2ccc(Cl)cc2)cc1. The number of dihydropyridines is 1. The zero-order valence-electron chi connectivity index (χ0n) is 19.3. The van der Waals surface area contributed by atoms with Crippen molar-refractivity contribution < 1.29 is 19.1 Å². The molecule has 0 saturated heterocycles. The summed E-state index contributed by atoms with van der Waals surface area (Å²) in [4.78, 5) is 26.7. The van der Waals surface area contributed by atoms with E-state index >= 15 is 0 Å². The van der Waals surface area contributed by atoms with Gasteiger partial charge in [-0.25, -0.2) is 4.79 Å². The summed E-state index contributed by atoms with van der Waals surface area (Å²) >= 11 is 6.12. The van der Waals surface area contributed by atoms with Gasteiger partial charge in [0, 0.05) is 34.3 Å². The van der Waals surface area contributed by atoms with Gasteiger partial charge in [-0.1, -0.05) is 49.7 Å². The molecule has 33 heavy (non-hydrogen) atoms. The fraction of sp³-hybridized carbons (Fsp3) is 0.333. The Balaban J connectivity index is 1.68. The van der Waals surface area contributed by atoms with Gasteiger partial charge in [0.25, 0.3) is 0 Å². The first-order valence-electron chi connectivity index (χ1n) is 11.0. The number of hydrogen-bond donors (Lipinski definition) is 1. The second-order valence-corrected chi connectivity index (χ2v) is 9.84. The van der Waals surface area contributed by atoms with E-state index in [1.807, 2.05) is 43.3 Å². The minimum Gasteiger partial charge on any atom is -0.497 e. The predicted octanol–water partition coefficient (Wildman–Crippen LogP) is 5.70. The largest absolute Gasteiger partial charge is 0.497 e. The maximum absolute atomic E-state index is 13.4. The van der Waals surface area contributed by atoms with Crippen molar-refractivity contribution in [3.63, 3.8) is 0 Å². The monoisotopic (exact) mass is 465 g/mol. The lowest BCUT2D eigenvalue weighted by atomic mass is 9.68. The molecule has 1 heterocycles. The molecule has 4 rings (SSSR count). The molecule has 0 bridgehead atoms. The number of esters is 1. The van der Waals surface area contributed by atoms with Gasteiger partial charge in [-0.05, 0) is 54.2 Å². The lowest BCUT2D eigenvalue weighted by molar-refractivity contribution is -0.140. The van der Waals surface area contributed by atoms with E-state index in [0.717, 1.165) is 29.0 Å². The molecule has 0 aromatic heterocycles. The van der Waals surface area contributed by atoms with E-state index in [1.54, 1.807) is 19.2 Å². The Bertz CT molecular complexity index is 1140. The molecular formula is C27H28ClNO4. The number of halogens is 1. The molecule has 0 unspecified atom stereocenters. The molecule has 2 aliphatic rings. The number of Topliss-reactive ketones (excluding diaryl/α,β-unsaturated/α-hetero) is 1. The average molecular weight is 466 g/mol. The third-order valence-corrected chi connectivity index (χ3v) is 6.44. The fourth-order valence-corrected chi connectivity index (χ4v) is 4.77. The quantitative estimate of drug-likeness (QED) is 0.574. The maximum atomic E-state index is 13.4. The van der Waals surface area contributed by atoms with Crippen molar-refractivity contribution in [1.29, 1.82) is 0 Å². The summed E-state index contributed by atoms with van der Waals surface area (Å²) in [5.41, 5.74) is 4.26. The Morgan fingerprint density at radius 2 is 1.76 bits per heavy atom. The zero-order chi connectivity index (χ0) is 23.8. The van der Waals surface area contributed by atoms with Crippen molar-refractivity contribution in [3.05, 3.63) is 87.2 Å². The Labute approximate surface area is 199 Å². The number of carbonyl (C=O) groups excluding carboxylic acids is 2. The molecule has 0 saturated carbocycles. The number of carbonyl (C=O) groups is 2. The predicted molar refractivity (Wildman–Crippen MR) is 128 cm³/mol. The first-order chi connectivity index (χ1) is 15.7. The van der Waals surface area contributed by atoms with Gasteiger partial charge in [0.2, 0.25) is 0 Å². The summed E-state index contributed by atoms with van der Waals surface area (Å²) in [6.45, 7) is 6.17. The van der Waals surface area contributed by atoms with Gasteiger partial charge in [-0.3, -0.25) is 4.79 Å². The summed E-state index contributed by atoms with van der Waals surface area (Å²) in [5.74, 6) is -0.145. The van der Waals surface area contributed by atoms with Crippen LogP contribution in [0.15, 0.2) is 71.1 Å². The van der Waals surface area contributed by atoms with Crippen LogP contribution in [0, 0.1) is 5.41 Å². The second-order valence-electron chi connectivity index (χ2n) is 9.41. The Morgan fingerprint density at radius 1 is 1.09 bits per heavy atom. The number of ether oxygens (including phenoxy) is 2. The number of ketones is 1. The number of benzene rings is 2. The molecule has 0 fully saturated rings. The number of methoxy groups -OCH3 is 1. The second kappa shape index (κ2) is 9.06. The molecule has 0 spiro atoms. The highest BCUT2D eigenvalue weighted by atomic mass is 35.5. The van der Waals surface area contributed by atoms with Crippen LogP contribution in [0.4, 0.5) is 0 Å². The van der Waals surface area contributed by atoms with Gasteiger partial charge in [0.1, 0.15) is 12.4 Å². The van der Waals surface area contributed by atoms with E-state index in [0.29, 0.717) is 28.3 Å². The number of hydrogen-bond acceptors (Lipinski definition) is 5. The summed E-state index contributed by atoms with van der Waals surface area (Å²) < 4.78 is 10.9. The molecule has 1 aliphatic carbocycles. The van der Waals surface area contributed by atoms with Gasteiger partial charge >= 0.3 is 5.97 Å². The number of allylic oxidation sites excluding steroid dienone is 3. The van der Waals surface area contributed by atoms with E-state index in [-0.39, 0.29) is 17.8 Å². The number of rotatable bonds is 5. The van der Waals surface area contributed by atoms with Crippen LogP contribution in [0.1, 0.15) is 50.7 Å². The minimum absolute atomic E-state index is 0.0571. The van der Waals surface area contributed by atoms with Gasteiger partial charge in [0.05, 0.1) is 12.7 Å². The standard InChI is InChI=1S/C27H28ClNO4/c1-16-23(26(31)33-15-17-5-11-20(32-4)12-6-17)24(18-7-9-19(28)10-8-18)25-21(29-16)13-27(2,3)14-22(25)30/h5-12,24,29H,13-15H2,1-4H3/t24-/m1/s1. The van der Waals surface area contributed by atoms with Crippen molar-refractivity contribution in [2.45, 2.75) is 46.1 Å². The van der Waals surface area contributed by atoms with Crippen molar-refractivity contribution in [1.82, 2.24) is 5.32 Å². The van der Waals surface area contributed by atoms with Crippen LogP contribution in [0.3, 0.4) is 0 Å². The lowest BCUT2D eigenvalue weighted by Crippen LogP contribution is -2.38. The van der Waals surface area contributed by atoms with Crippen LogP contribution in [-0.2, 0) is 20.9 Å². The van der Waals surface area contributed by atoms with Crippen LogP contribution in [0.2, 0.25) is 5.02 Å². The topological polar surface area (TPSA) is 64.6 Å². The molecule has 2 aromatic rings. The van der Waals surface area contributed by atoms with E-state index in [4.69, 9.17) is 21.1 Å². The van der Waals surface area contributed by atoms with E-state index in [1.165, 1.54) is 0 Å². The third kappa shape index (κ3) is 4.83. The Morgan fingerprint density at radius 3 is 2.39 bits per heavy atom. The molecule has 1 N–H and O–H groups in total. The van der Waals surface area contributed by atoms with E-state index in [2.05, 4.69) is 19.2 Å². The lowest BCUT2D eigenvalue weighted by Gasteiger charge is -2.39. The minimum atomic E-state index is -0.495. The highest BCUT2D eigenvalue weighted by molar-refractivity contribution is 6.30. The van der Waals surface area contributed by atoms with Crippen molar-refractivity contribution >= 4 is 23.4 Å². The summed E-state index contributed by atoms with van der Waals surface area (Å²) in [5, 5.41) is 3.95. The first-order valence-corrected chi connectivity index (χ1v) is 11.4. The normalized spacial score (nSPS) is 19.7. The van der Waals surface area contributed by atoms with Crippen molar-refractivity contribution in [2.75, 3.05) is 7.11 Å². The smallest absolute Gasteiger partial charge is 0.337 e. The Kier molecular flexibility index (Phi) is 6.35. The molecule has 0 radical (unpaired) electrons. The molecule has 1 atom stereocenters. The number of nitrogens with one attached hydrogen (secondary N) is 1. The molecule has 5 nitrogen and oxygen atoms in total. The Hall–Kier alpha value is -3.05. The molecule has 6 heteroatoms. The first kappa shape index (κ1) is 23.1. The molecule has 172 valence electrons. The van der Waals surface area contributed by atoms with Crippen LogP contribution in [0.5, 0.6) is 5.75 Å². The molecule has 2 aromatic carbocycles. The molecule has 0 amide bonds. The van der Waals surface area contributed by atoms with Gasteiger partial charge in [-0.2, -0.15) is 0 Å². The highest BCUT2D eigenvalue weighted by Crippen LogP contribution is 2.46. The zero-order valence-corrected chi connectivity index (χ0v) is 20.1. The van der Waals surface area contributed by atoms with Crippen LogP contribution < -0.4 is 10.1 Å². The third-order valence-electron chi connectivity index (χ3n) is 6.19. The van der Waals surface area contributed by atoms with E-state index in [9.17, 15) is 9.59 Å². The summed E-state index contributed by atoms with van der Waals surface area (Å²) in [6.07, 6.45) is 1.18. The summed E-state index contributed by atoms with van der Waals surface area (Å²) in [6, 6.07) is 14.7.